The van der Waals surface area contributed by atoms with E-state index >= 15 is 4.39 Å². The predicted molar refractivity (Wildman–Crippen MR) is 147 cm³/mol. The number of nitrogens with zero attached hydrogens (tertiary/aromatic N) is 4. The van der Waals surface area contributed by atoms with Crippen molar-refractivity contribution in [1.29, 1.82) is 0 Å². The number of halogens is 2. The number of hydrogen-bond acceptors (Lipinski definition) is 8. The molecule has 40 heavy (non-hydrogen) atoms. The Morgan fingerprint density at radius 1 is 1.00 bits per heavy atom. The number of aromatic nitrogens is 2. The molecule has 3 aromatic rings. The van der Waals surface area contributed by atoms with E-state index in [-0.39, 0.29) is 34.9 Å². The fraction of sp³-hybridized carbons (Fsp3) is 0.370. The average Bonchev–Trinajstić information content (AvgIpc) is 3.27. The molecule has 0 aliphatic carbocycles. The van der Waals surface area contributed by atoms with Crippen molar-refractivity contribution in [2.75, 3.05) is 11.9 Å². The van der Waals surface area contributed by atoms with Crippen LogP contribution in [0, 0.1) is 5.82 Å². The summed E-state index contributed by atoms with van der Waals surface area (Å²) in [5, 5.41) is 13.7. The van der Waals surface area contributed by atoms with E-state index in [1.54, 1.807) is 54.7 Å². The molecular weight excluding hydrogens is 591 g/mol. The van der Waals surface area contributed by atoms with Gasteiger partial charge in [-0.3, -0.25) is 0 Å². The van der Waals surface area contributed by atoms with Crippen LogP contribution in [0.5, 0.6) is 0 Å². The topological polar surface area (TPSA) is 135 Å². The Balaban J connectivity index is 1.92. The third kappa shape index (κ3) is 7.78. The molecule has 0 saturated heterocycles. The zero-order chi connectivity index (χ0) is 30.0. The van der Waals surface area contributed by atoms with E-state index in [4.69, 9.17) is 14.0 Å². The molecule has 2 aromatic heterocycles. The van der Waals surface area contributed by atoms with Crippen LogP contribution in [0.1, 0.15) is 47.1 Å². The number of carboxylic acid groups (broad SMARTS) is 1. The first-order chi connectivity index (χ1) is 18.4. The second kappa shape index (κ2) is 11.6. The van der Waals surface area contributed by atoms with Crippen molar-refractivity contribution in [3.63, 3.8) is 0 Å². The van der Waals surface area contributed by atoms with Gasteiger partial charge in [-0.15, -0.1) is 0 Å². The number of carbonyl (C=O) groups excluding carboxylic acids is 2. The maximum Gasteiger partial charge on any atom is 0.425 e. The average molecular weight is 621 g/mol. The molecule has 0 spiro atoms. The van der Waals surface area contributed by atoms with Gasteiger partial charge in [-0.05, 0) is 81.2 Å². The van der Waals surface area contributed by atoms with Crippen molar-refractivity contribution >= 4 is 40.0 Å². The normalized spacial score (nSPS) is 11.6. The van der Waals surface area contributed by atoms with Crippen molar-refractivity contribution in [3.05, 3.63) is 52.4 Å². The summed E-state index contributed by atoms with van der Waals surface area (Å²) in [6.45, 7) is 10.2. The molecular formula is C27H30BrFN4O7. The van der Waals surface area contributed by atoms with Crippen molar-refractivity contribution in [1.82, 2.24) is 15.0 Å². The molecule has 0 radical (unpaired) electrons. The molecule has 3 amide bonds. The van der Waals surface area contributed by atoms with Gasteiger partial charge in [0.15, 0.2) is 11.6 Å². The number of rotatable bonds is 5. The Hall–Kier alpha value is -4.00. The van der Waals surface area contributed by atoms with Crippen LogP contribution in [0.25, 0.3) is 22.6 Å². The Bertz CT molecular complexity index is 1430. The number of ether oxygens (including phenoxy) is 2. The predicted octanol–water partition coefficient (Wildman–Crippen LogP) is 7.09. The van der Waals surface area contributed by atoms with Crippen LogP contribution < -0.4 is 4.90 Å². The van der Waals surface area contributed by atoms with Gasteiger partial charge in [-0.2, -0.15) is 4.90 Å². The lowest BCUT2D eigenvalue weighted by Gasteiger charge is -2.24. The molecule has 0 bridgehead atoms. The third-order valence-electron chi connectivity index (χ3n) is 5.02. The summed E-state index contributed by atoms with van der Waals surface area (Å²) < 4.78 is 31.6. The zero-order valence-corrected chi connectivity index (χ0v) is 24.7. The molecule has 0 atom stereocenters. The second-order valence-electron chi connectivity index (χ2n) is 10.9. The summed E-state index contributed by atoms with van der Waals surface area (Å²) in [6.07, 6.45) is -2.02. The van der Waals surface area contributed by atoms with Crippen LogP contribution >= 0.6 is 15.9 Å². The fourth-order valence-corrected chi connectivity index (χ4v) is 3.76. The highest BCUT2D eigenvalue weighted by Crippen LogP contribution is 2.35. The summed E-state index contributed by atoms with van der Waals surface area (Å²) in [5.74, 6) is -0.876. The van der Waals surface area contributed by atoms with Crippen LogP contribution in [-0.4, -0.2) is 56.7 Å². The molecule has 0 aliphatic rings. The van der Waals surface area contributed by atoms with Gasteiger partial charge in [0, 0.05) is 35.9 Å². The van der Waals surface area contributed by atoms with Crippen molar-refractivity contribution in [2.45, 2.75) is 59.3 Å². The maximum atomic E-state index is 15.1. The molecule has 0 saturated carbocycles. The monoisotopic (exact) mass is 620 g/mol. The molecule has 1 N–H and O–H groups in total. The first-order valence-corrected chi connectivity index (χ1v) is 12.9. The number of carbonyl (C=O) groups is 3. The van der Waals surface area contributed by atoms with Gasteiger partial charge < -0.3 is 24.0 Å². The number of amides is 3. The summed E-state index contributed by atoms with van der Waals surface area (Å²) in [4.78, 5) is 42.7. The van der Waals surface area contributed by atoms with Gasteiger partial charge >= 0.3 is 18.3 Å². The standard InChI is InChI=1S/C27H30BrFN4O7/c1-26(2,3)38-24(36)32(7)14-15-8-9-17(19(29)10-15)20-12-21(40-31-20)18-11-16(28)13-30-22(18)33(23(34)35)25(37)39-27(4,5)6/h8-13H,14H2,1-7H3,(H,34,35). The molecule has 0 aliphatic heterocycles. The largest absolute Gasteiger partial charge is 0.464 e. The second-order valence-corrected chi connectivity index (χ2v) is 11.8. The fourth-order valence-electron chi connectivity index (χ4n) is 3.43. The minimum atomic E-state index is -1.62. The zero-order valence-electron chi connectivity index (χ0n) is 23.1. The Morgan fingerprint density at radius 2 is 1.62 bits per heavy atom. The highest BCUT2D eigenvalue weighted by Gasteiger charge is 2.33. The van der Waals surface area contributed by atoms with E-state index in [9.17, 15) is 19.5 Å². The smallest absolute Gasteiger partial charge is 0.425 e. The van der Waals surface area contributed by atoms with E-state index in [1.807, 2.05) is 0 Å². The molecule has 2 heterocycles. The summed E-state index contributed by atoms with van der Waals surface area (Å²) >= 11 is 3.28. The summed E-state index contributed by atoms with van der Waals surface area (Å²) in [5.41, 5.74) is -0.798. The minimum absolute atomic E-state index is 0.0294. The lowest BCUT2D eigenvalue weighted by atomic mass is 10.1. The van der Waals surface area contributed by atoms with Gasteiger partial charge in [0.1, 0.15) is 22.7 Å². The van der Waals surface area contributed by atoms with Crippen LogP contribution in [0.15, 0.2) is 45.5 Å². The highest BCUT2D eigenvalue weighted by molar-refractivity contribution is 9.10. The minimum Gasteiger partial charge on any atom is -0.464 e. The molecule has 0 unspecified atom stereocenters. The van der Waals surface area contributed by atoms with Gasteiger partial charge in [-0.25, -0.2) is 23.8 Å². The van der Waals surface area contributed by atoms with Gasteiger partial charge in [-0.1, -0.05) is 11.2 Å². The van der Waals surface area contributed by atoms with Gasteiger partial charge in [0.2, 0.25) is 0 Å². The Kier molecular flexibility index (Phi) is 8.87. The van der Waals surface area contributed by atoms with Crippen molar-refractivity contribution in [3.8, 4) is 22.6 Å². The molecule has 1 aromatic carbocycles. The van der Waals surface area contributed by atoms with E-state index < -0.39 is 35.3 Å². The van der Waals surface area contributed by atoms with E-state index in [0.717, 1.165) is 0 Å². The lowest BCUT2D eigenvalue weighted by Crippen LogP contribution is -2.41. The lowest BCUT2D eigenvalue weighted by molar-refractivity contribution is 0.0284. The number of hydrogen-bond donors (Lipinski definition) is 1. The van der Waals surface area contributed by atoms with E-state index in [1.165, 1.54) is 35.4 Å². The van der Waals surface area contributed by atoms with Crippen LogP contribution in [0.3, 0.4) is 0 Å². The number of benzene rings is 1. The third-order valence-corrected chi connectivity index (χ3v) is 5.46. The van der Waals surface area contributed by atoms with Gasteiger partial charge in [0.25, 0.3) is 0 Å². The quantitative estimate of drug-likeness (QED) is 0.317. The molecule has 11 nitrogen and oxygen atoms in total. The first-order valence-electron chi connectivity index (χ1n) is 12.1. The molecule has 214 valence electrons. The van der Waals surface area contributed by atoms with Gasteiger partial charge in [0.05, 0.1) is 5.56 Å². The maximum absolute atomic E-state index is 15.1. The number of pyridine rings is 1. The highest BCUT2D eigenvalue weighted by atomic mass is 79.9. The number of imide groups is 1. The van der Waals surface area contributed by atoms with Crippen molar-refractivity contribution < 1.29 is 37.9 Å². The van der Waals surface area contributed by atoms with Crippen LogP contribution in [0.2, 0.25) is 0 Å². The summed E-state index contributed by atoms with van der Waals surface area (Å²) in [6, 6.07) is 7.27. The molecule has 0 fully saturated rings. The number of anilines is 1. The van der Waals surface area contributed by atoms with E-state index in [0.29, 0.717) is 14.9 Å². The first kappa shape index (κ1) is 30.5. The van der Waals surface area contributed by atoms with Crippen LogP contribution in [-0.2, 0) is 16.0 Å². The molecule has 13 heteroatoms. The summed E-state index contributed by atoms with van der Waals surface area (Å²) in [7, 11) is 1.55. The van der Waals surface area contributed by atoms with Crippen molar-refractivity contribution in [2.24, 2.45) is 0 Å². The van der Waals surface area contributed by atoms with Crippen LogP contribution in [0.4, 0.5) is 24.6 Å². The van der Waals surface area contributed by atoms with E-state index in [2.05, 4.69) is 26.1 Å². The SMILES string of the molecule is CN(Cc1ccc(-c2cc(-c3cc(Br)cnc3N(C(=O)O)C(=O)OC(C)(C)C)on2)c(F)c1)C(=O)OC(C)(C)C. The Morgan fingerprint density at radius 3 is 2.20 bits per heavy atom. The Labute approximate surface area is 239 Å². The molecule has 3 rings (SSSR count).